The minimum Gasteiger partial charge on any atom is -0.495 e. The van der Waals surface area contributed by atoms with Crippen molar-refractivity contribution in [1.82, 2.24) is 0 Å². The van der Waals surface area contributed by atoms with E-state index in [1.165, 1.54) is 0 Å². The van der Waals surface area contributed by atoms with E-state index in [0.29, 0.717) is 22.7 Å². The van der Waals surface area contributed by atoms with Crippen molar-refractivity contribution in [1.29, 1.82) is 0 Å². The Morgan fingerprint density at radius 1 is 1.15 bits per heavy atom. The largest absolute Gasteiger partial charge is 0.495 e. The second-order valence-electron chi connectivity index (χ2n) is 4.68. The summed E-state index contributed by atoms with van der Waals surface area (Å²) in [5.41, 5.74) is 9.54. The zero-order valence-corrected chi connectivity index (χ0v) is 11.9. The molecule has 0 fully saturated rings. The lowest BCUT2D eigenvalue weighted by molar-refractivity contribution is 0.102. The van der Waals surface area contributed by atoms with Gasteiger partial charge in [-0.1, -0.05) is 18.2 Å². The number of carbonyl (C=O) groups is 1. The Morgan fingerprint density at radius 3 is 2.40 bits per heavy atom. The molecule has 1 amide bonds. The average molecular weight is 270 g/mol. The van der Waals surface area contributed by atoms with E-state index in [4.69, 9.17) is 10.5 Å². The fraction of sp³-hybridized carbons (Fsp3) is 0.188. The van der Waals surface area contributed by atoms with Crippen molar-refractivity contribution < 1.29 is 9.53 Å². The summed E-state index contributed by atoms with van der Waals surface area (Å²) in [6.07, 6.45) is 0. The van der Waals surface area contributed by atoms with E-state index in [1.807, 2.05) is 32.0 Å². The Morgan fingerprint density at radius 2 is 1.80 bits per heavy atom. The van der Waals surface area contributed by atoms with Crippen molar-refractivity contribution in [2.24, 2.45) is 0 Å². The number of nitrogen functional groups attached to an aromatic ring is 1. The zero-order chi connectivity index (χ0) is 14.7. The van der Waals surface area contributed by atoms with E-state index in [9.17, 15) is 4.79 Å². The summed E-state index contributed by atoms with van der Waals surface area (Å²) in [6, 6.07) is 11.0. The molecular weight excluding hydrogens is 252 g/mol. The second kappa shape index (κ2) is 5.65. The number of hydrogen-bond donors (Lipinski definition) is 2. The smallest absolute Gasteiger partial charge is 0.256 e. The van der Waals surface area contributed by atoms with Crippen molar-refractivity contribution in [3.63, 3.8) is 0 Å². The molecular formula is C16H18N2O2. The van der Waals surface area contributed by atoms with Gasteiger partial charge in [0.2, 0.25) is 0 Å². The maximum absolute atomic E-state index is 12.4. The van der Waals surface area contributed by atoms with Gasteiger partial charge in [0, 0.05) is 17.3 Å². The molecule has 0 saturated carbocycles. The van der Waals surface area contributed by atoms with Crippen LogP contribution in [-0.2, 0) is 0 Å². The standard InChI is InChI=1S/C16H18N2O2/c1-10-5-4-6-11(2)15(10)16(19)18-12-7-8-13(17)14(9-12)20-3/h4-9H,17H2,1-3H3,(H,18,19). The van der Waals surface area contributed by atoms with Crippen molar-refractivity contribution in [2.75, 3.05) is 18.2 Å². The summed E-state index contributed by atoms with van der Waals surface area (Å²) in [6.45, 7) is 3.84. The van der Waals surface area contributed by atoms with Gasteiger partial charge in [-0.2, -0.15) is 0 Å². The maximum atomic E-state index is 12.4. The van der Waals surface area contributed by atoms with Crippen molar-refractivity contribution in [3.05, 3.63) is 53.1 Å². The summed E-state index contributed by atoms with van der Waals surface area (Å²) in [7, 11) is 1.54. The molecule has 20 heavy (non-hydrogen) atoms. The fourth-order valence-electron chi connectivity index (χ4n) is 2.16. The molecule has 0 aliphatic carbocycles. The molecule has 0 unspecified atom stereocenters. The van der Waals surface area contributed by atoms with Crippen LogP contribution in [0.25, 0.3) is 0 Å². The summed E-state index contributed by atoms with van der Waals surface area (Å²) >= 11 is 0. The van der Waals surface area contributed by atoms with Crippen LogP contribution in [0.3, 0.4) is 0 Å². The second-order valence-corrected chi connectivity index (χ2v) is 4.68. The Bertz CT molecular complexity index is 631. The third-order valence-corrected chi connectivity index (χ3v) is 3.20. The van der Waals surface area contributed by atoms with Gasteiger partial charge in [0.1, 0.15) is 5.75 Å². The molecule has 0 aliphatic rings. The van der Waals surface area contributed by atoms with Crippen LogP contribution in [0, 0.1) is 13.8 Å². The highest BCUT2D eigenvalue weighted by molar-refractivity contribution is 6.06. The number of ether oxygens (including phenoxy) is 1. The van der Waals surface area contributed by atoms with E-state index < -0.39 is 0 Å². The lowest BCUT2D eigenvalue weighted by Crippen LogP contribution is -2.15. The van der Waals surface area contributed by atoms with Crippen LogP contribution >= 0.6 is 0 Å². The summed E-state index contributed by atoms with van der Waals surface area (Å²) < 4.78 is 5.14. The quantitative estimate of drug-likeness (QED) is 0.842. The van der Waals surface area contributed by atoms with Gasteiger partial charge < -0.3 is 15.8 Å². The number of nitrogens with one attached hydrogen (secondary N) is 1. The predicted molar refractivity (Wildman–Crippen MR) is 81.3 cm³/mol. The number of anilines is 2. The Kier molecular flexibility index (Phi) is 3.94. The molecule has 0 bridgehead atoms. The first-order valence-corrected chi connectivity index (χ1v) is 6.34. The van der Waals surface area contributed by atoms with Crippen LogP contribution < -0.4 is 15.8 Å². The molecule has 2 rings (SSSR count). The minimum absolute atomic E-state index is 0.132. The number of aryl methyl sites for hydroxylation is 2. The van der Waals surface area contributed by atoms with Gasteiger partial charge in [-0.25, -0.2) is 0 Å². The number of amides is 1. The van der Waals surface area contributed by atoms with Gasteiger partial charge in [0.15, 0.2) is 0 Å². The Hall–Kier alpha value is -2.49. The first kappa shape index (κ1) is 13.9. The lowest BCUT2D eigenvalue weighted by Gasteiger charge is -2.12. The Balaban J connectivity index is 2.28. The number of benzene rings is 2. The minimum atomic E-state index is -0.132. The average Bonchev–Trinajstić information content (AvgIpc) is 2.40. The molecule has 0 aromatic heterocycles. The number of nitrogens with two attached hydrogens (primary N) is 1. The molecule has 2 aromatic rings. The van der Waals surface area contributed by atoms with Gasteiger partial charge in [0.05, 0.1) is 12.8 Å². The molecule has 2 aromatic carbocycles. The van der Waals surface area contributed by atoms with Gasteiger partial charge in [-0.15, -0.1) is 0 Å². The highest BCUT2D eigenvalue weighted by Gasteiger charge is 2.12. The molecule has 4 nitrogen and oxygen atoms in total. The SMILES string of the molecule is COc1cc(NC(=O)c2c(C)cccc2C)ccc1N. The molecule has 0 aliphatic heterocycles. The number of carbonyl (C=O) groups excluding carboxylic acids is 1. The summed E-state index contributed by atoms with van der Waals surface area (Å²) in [5.74, 6) is 0.414. The monoisotopic (exact) mass is 270 g/mol. The number of methoxy groups -OCH3 is 1. The highest BCUT2D eigenvalue weighted by atomic mass is 16.5. The fourth-order valence-corrected chi connectivity index (χ4v) is 2.16. The molecule has 104 valence electrons. The third kappa shape index (κ3) is 2.74. The number of rotatable bonds is 3. The van der Waals surface area contributed by atoms with Gasteiger partial charge >= 0.3 is 0 Å². The molecule has 0 heterocycles. The molecule has 3 N–H and O–H groups in total. The number of hydrogen-bond acceptors (Lipinski definition) is 3. The van der Waals surface area contributed by atoms with Crippen LogP contribution in [0.5, 0.6) is 5.75 Å². The maximum Gasteiger partial charge on any atom is 0.256 e. The third-order valence-electron chi connectivity index (χ3n) is 3.20. The predicted octanol–water partition coefficient (Wildman–Crippen LogP) is 3.15. The summed E-state index contributed by atoms with van der Waals surface area (Å²) in [4.78, 5) is 12.4. The molecule has 4 heteroatoms. The first-order chi connectivity index (χ1) is 9.52. The van der Waals surface area contributed by atoms with E-state index in [2.05, 4.69) is 5.32 Å². The van der Waals surface area contributed by atoms with E-state index in [1.54, 1.807) is 25.3 Å². The summed E-state index contributed by atoms with van der Waals surface area (Å²) in [5, 5.41) is 2.87. The lowest BCUT2D eigenvalue weighted by atomic mass is 10.0. The first-order valence-electron chi connectivity index (χ1n) is 6.34. The van der Waals surface area contributed by atoms with E-state index in [0.717, 1.165) is 11.1 Å². The van der Waals surface area contributed by atoms with Crippen LogP contribution in [0.2, 0.25) is 0 Å². The molecule has 0 saturated heterocycles. The van der Waals surface area contributed by atoms with Crippen LogP contribution in [0.15, 0.2) is 36.4 Å². The van der Waals surface area contributed by atoms with Crippen LogP contribution in [-0.4, -0.2) is 13.0 Å². The zero-order valence-electron chi connectivity index (χ0n) is 11.9. The topological polar surface area (TPSA) is 64.3 Å². The van der Waals surface area contributed by atoms with Crippen LogP contribution in [0.1, 0.15) is 21.5 Å². The van der Waals surface area contributed by atoms with Gasteiger partial charge in [-0.05, 0) is 37.1 Å². The van der Waals surface area contributed by atoms with Crippen LogP contribution in [0.4, 0.5) is 11.4 Å². The highest BCUT2D eigenvalue weighted by Crippen LogP contribution is 2.25. The van der Waals surface area contributed by atoms with Crippen molar-refractivity contribution >= 4 is 17.3 Å². The molecule has 0 atom stereocenters. The Labute approximate surface area is 118 Å². The van der Waals surface area contributed by atoms with Gasteiger partial charge in [-0.3, -0.25) is 4.79 Å². The molecule has 0 radical (unpaired) electrons. The van der Waals surface area contributed by atoms with Crippen molar-refractivity contribution in [3.8, 4) is 5.75 Å². The van der Waals surface area contributed by atoms with Gasteiger partial charge in [0.25, 0.3) is 5.91 Å². The van der Waals surface area contributed by atoms with E-state index in [-0.39, 0.29) is 5.91 Å². The van der Waals surface area contributed by atoms with E-state index >= 15 is 0 Å². The molecule has 0 spiro atoms. The normalized spacial score (nSPS) is 10.2. The van der Waals surface area contributed by atoms with Crippen molar-refractivity contribution in [2.45, 2.75) is 13.8 Å².